The summed E-state index contributed by atoms with van der Waals surface area (Å²) in [5.74, 6) is 0.731. The Morgan fingerprint density at radius 1 is 1.03 bits per heavy atom. The van der Waals surface area contributed by atoms with Crippen LogP contribution in [0.25, 0.3) is 22.3 Å². The molecule has 1 aromatic carbocycles. The minimum absolute atomic E-state index is 0.0474. The Hall–Kier alpha value is -4.09. The third-order valence-corrected chi connectivity index (χ3v) is 6.80. The van der Waals surface area contributed by atoms with Gasteiger partial charge < -0.3 is 14.8 Å². The van der Waals surface area contributed by atoms with Crippen molar-refractivity contribution < 1.29 is 4.79 Å². The molecule has 182 valence electrons. The highest BCUT2D eigenvalue weighted by molar-refractivity contribution is 5.98. The lowest BCUT2D eigenvalue weighted by molar-refractivity contribution is 0.0659. The Kier molecular flexibility index (Phi) is 6.25. The van der Waals surface area contributed by atoms with Crippen LogP contribution in [0.5, 0.6) is 0 Å². The summed E-state index contributed by atoms with van der Waals surface area (Å²) in [5, 5.41) is 10.5. The maximum absolute atomic E-state index is 13.0. The van der Waals surface area contributed by atoms with Crippen molar-refractivity contribution in [1.82, 2.24) is 29.7 Å². The van der Waals surface area contributed by atoms with Crippen LogP contribution in [-0.2, 0) is 11.8 Å². The average molecular weight is 480 g/mol. The van der Waals surface area contributed by atoms with Crippen LogP contribution in [0, 0.1) is 11.3 Å². The minimum atomic E-state index is -0.607. The summed E-state index contributed by atoms with van der Waals surface area (Å²) in [5.41, 5.74) is 4.35. The van der Waals surface area contributed by atoms with Gasteiger partial charge in [-0.15, -0.1) is 0 Å². The van der Waals surface area contributed by atoms with Crippen LogP contribution >= 0.6 is 0 Å². The molecule has 1 aliphatic heterocycles. The second-order valence-electron chi connectivity index (χ2n) is 9.90. The van der Waals surface area contributed by atoms with Gasteiger partial charge in [0.25, 0.3) is 5.91 Å². The lowest BCUT2D eigenvalue weighted by Gasteiger charge is -2.32. The van der Waals surface area contributed by atoms with Gasteiger partial charge in [-0.05, 0) is 68.4 Å². The van der Waals surface area contributed by atoms with Gasteiger partial charge >= 0.3 is 0 Å². The van der Waals surface area contributed by atoms with Crippen LogP contribution < -0.4 is 0 Å². The first kappa shape index (κ1) is 23.6. The molecule has 0 aliphatic carbocycles. The molecule has 0 radical (unpaired) electrons. The molecule has 8 heteroatoms. The van der Waals surface area contributed by atoms with Crippen molar-refractivity contribution in [2.75, 3.05) is 33.2 Å². The zero-order valence-electron chi connectivity index (χ0n) is 20.8. The number of nitrogens with one attached hydrogen (secondary N) is 1. The number of H-pyrrole nitrogens is 1. The fourth-order valence-corrected chi connectivity index (χ4v) is 4.42. The molecule has 0 bridgehead atoms. The van der Waals surface area contributed by atoms with Gasteiger partial charge in [-0.25, -0.2) is 9.97 Å². The zero-order valence-corrected chi connectivity index (χ0v) is 20.8. The van der Waals surface area contributed by atoms with Crippen molar-refractivity contribution in [3.63, 3.8) is 0 Å². The number of rotatable bonds is 5. The molecule has 0 spiro atoms. The number of nitriles is 1. The smallest absolute Gasteiger partial charge is 0.270 e. The molecule has 1 fully saturated rings. The number of aromatic nitrogens is 4. The van der Waals surface area contributed by atoms with Gasteiger partial charge in [0.05, 0.1) is 22.9 Å². The number of fused-ring (bicyclic) bond motifs is 1. The van der Waals surface area contributed by atoms with E-state index in [2.05, 4.69) is 39.0 Å². The molecule has 3 aromatic heterocycles. The number of hydrogen-bond donors (Lipinski definition) is 1. The summed E-state index contributed by atoms with van der Waals surface area (Å²) >= 11 is 0. The first-order chi connectivity index (χ1) is 17.3. The Labute approximate surface area is 210 Å². The minimum Gasteiger partial charge on any atom is -0.351 e. The van der Waals surface area contributed by atoms with E-state index in [1.807, 2.05) is 55.1 Å². The van der Waals surface area contributed by atoms with Crippen LogP contribution in [0.15, 0.2) is 54.9 Å². The fourth-order valence-electron chi connectivity index (χ4n) is 4.42. The van der Waals surface area contributed by atoms with Crippen molar-refractivity contribution in [3.8, 4) is 17.5 Å². The molecule has 4 heterocycles. The Morgan fingerprint density at radius 3 is 2.58 bits per heavy atom. The van der Waals surface area contributed by atoms with Crippen molar-refractivity contribution in [1.29, 1.82) is 5.26 Å². The SMILES string of the molecule is CN1CCN(C(=O)c2cc3cc(Cc4nccc(-c5cc(C(C)(C)C#N)ccn5)n4)ccc3[nH]2)CC1. The van der Waals surface area contributed by atoms with Crippen molar-refractivity contribution in [2.45, 2.75) is 25.7 Å². The van der Waals surface area contributed by atoms with E-state index in [0.717, 1.165) is 53.9 Å². The predicted octanol–water partition coefficient (Wildman–Crippen LogP) is 3.80. The molecular weight excluding hydrogens is 450 g/mol. The van der Waals surface area contributed by atoms with Crippen LogP contribution in [0.1, 0.15) is 41.3 Å². The largest absolute Gasteiger partial charge is 0.351 e. The van der Waals surface area contributed by atoms with E-state index in [-0.39, 0.29) is 5.91 Å². The molecular formula is C28H29N7O. The van der Waals surface area contributed by atoms with Gasteiger partial charge in [0.1, 0.15) is 11.5 Å². The molecule has 4 aromatic rings. The number of amides is 1. The van der Waals surface area contributed by atoms with E-state index in [1.54, 1.807) is 12.4 Å². The second-order valence-corrected chi connectivity index (χ2v) is 9.90. The number of nitrogens with zero attached hydrogens (tertiary/aromatic N) is 6. The first-order valence-corrected chi connectivity index (χ1v) is 12.1. The van der Waals surface area contributed by atoms with E-state index in [4.69, 9.17) is 4.98 Å². The van der Waals surface area contributed by atoms with E-state index < -0.39 is 5.41 Å². The normalized spacial score (nSPS) is 14.7. The van der Waals surface area contributed by atoms with Gasteiger partial charge in [0, 0.05) is 55.9 Å². The van der Waals surface area contributed by atoms with Crippen LogP contribution in [0.4, 0.5) is 0 Å². The van der Waals surface area contributed by atoms with Crippen LogP contribution in [-0.4, -0.2) is 68.9 Å². The number of carbonyl (C=O) groups is 1. The third kappa shape index (κ3) is 4.83. The van der Waals surface area contributed by atoms with Gasteiger partial charge in [-0.3, -0.25) is 9.78 Å². The van der Waals surface area contributed by atoms with E-state index in [0.29, 0.717) is 23.6 Å². The topological polar surface area (TPSA) is 102 Å². The summed E-state index contributed by atoms with van der Waals surface area (Å²) in [6.45, 7) is 7.05. The number of aromatic amines is 1. The van der Waals surface area contributed by atoms with Crippen molar-refractivity contribution >= 4 is 16.8 Å². The molecule has 36 heavy (non-hydrogen) atoms. The number of hydrogen-bond acceptors (Lipinski definition) is 6. The molecule has 0 saturated carbocycles. The number of benzene rings is 1. The second kappa shape index (κ2) is 9.51. The lowest BCUT2D eigenvalue weighted by Crippen LogP contribution is -2.47. The Bertz CT molecular complexity index is 1460. The van der Waals surface area contributed by atoms with Crippen molar-refractivity contribution in [2.24, 2.45) is 0 Å². The highest BCUT2D eigenvalue weighted by Crippen LogP contribution is 2.26. The molecule has 1 amide bonds. The first-order valence-electron chi connectivity index (χ1n) is 12.1. The molecule has 0 atom stereocenters. The van der Waals surface area contributed by atoms with Crippen LogP contribution in [0.2, 0.25) is 0 Å². The molecule has 1 N–H and O–H groups in total. The number of piperazine rings is 1. The molecule has 5 rings (SSSR count). The van der Waals surface area contributed by atoms with E-state index in [9.17, 15) is 10.1 Å². The number of carbonyl (C=O) groups excluding carboxylic acids is 1. The Balaban J connectivity index is 1.35. The maximum Gasteiger partial charge on any atom is 0.270 e. The average Bonchev–Trinajstić information content (AvgIpc) is 3.32. The summed E-state index contributed by atoms with van der Waals surface area (Å²) in [4.78, 5) is 34.1. The van der Waals surface area contributed by atoms with E-state index >= 15 is 0 Å². The summed E-state index contributed by atoms with van der Waals surface area (Å²) in [6, 6.07) is 16.0. The molecule has 1 aliphatic rings. The lowest BCUT2D eigenvalue weighted by atomic mass is 9.86. The van der Waals surface area contributed by atoms with Gasteiger partial charge in [0.2, 0.25) is 0 Å². The maximum atomic E-state index is 13.0. The quantitative estimate of drug-likeness (QED) is 0.467. The number of pyridine rings is 1. The Morgan fingerprint density at radius 2 is 1.81 bits per heavy atom. The van der Waals surface area contributed by atoms with Crippen molar-refractivity contribution in [3.05, 3.63) is 77.5 Å². The third-order valence-electron chi connectivity index (χ3n) is 6.80. The standard InChI is InChI=1S/C28H29N7O/c1-28(2,18-29)21-6-8-30-24(17-21)23-7-9-31-26(33-23)15-19-4-5-22-20(14-19)16-25(32-22)27(36)35-12-10-34(3)11-13-35/h4-9,14,16-17,32H,10-13,15H2,1-3H3. The fraction of sp³-hybridized carbons (Fsp3) is 0.321. The number of likely N-dealkylation sites (N-methyl/N-ethyl adjacent to an activating group) is 1. The van der Waals surface area contributed by atoms with Gasteiger partial charge in [-0.1, -0.05) is 6.07 Å². The summed E-state index contributed by atoms with van der Waals surface area (Å²) in [6.07, 6.45) is 4.01. The van der Waals surface area contributed by atoms with E-state index in [1.165, 1.54) is 0 Å². The molecule has 0 unspecified atom stereocenters. The highest BCUT2D eigenvalue weighted by atomic mass is 16.2. The monoisotopic (exact) mass is 479 g/mol. The highest BCUT2D eigenvalue weighted by Gasteiger charge is 2.22. The summed E-state index contributed by atoms with van der Waals surface area (Å²) < 4.78 is 0. The predicted molar refractivity (Wildman–Crippen MR) is 138 cm³/mol. The van der Waals surface area contributed by atoms with Gasteiger partial charge in [-0.2, -0.15) is 5.26 Å². The zero-order chi connectivity index (χ0) is 25.3. The van der Waals surface area contributed by atoms with Crippen LogP contribution in [0.3, 0.4) is 0 Å². The molecule has 8 nitrogen and oxygen atoms in total. The van der Waals surface area contributed by atoms with Gasteiger partial charge in [0.15, 0.2) is 0 Å². The molecule has 1 saturated heterocycles. The summed E-state index contributed by atoms with van der Waals surface area (Å²) in [7, 11) is 2.08.